The van der Waals surface area contributed by atoms with Crippen LogP contribution in [0.4, 0.5) is 0 Å². The lowest BCUT2D eigenvalue weighted by atomic mass is 10.3. The molecule has 0 fully saturated rings. The Labute approximate surface area is 99.4 Å². The van der Waals surface area contributed by atoms with Crippen molar-refractivity contribution in [2.75, 3.05) is 25.6 Å². The molecule has 4 nitrogen and oxygen atoms in total. The maximum atomic E-state index is 9.01. The number of aliphatic hydroxyl groups excluding tert-OH is 2. The van der Waals surface area contributed by atoms with Gasteiger partial charge in [0.05, 0.1) is 19.3 Å². The van der Waals surface area contributed by atoms with Crippen molar-refractivity contribution >= 4 is 12.0 Å². The molecule has 1 rings (SSSR count). The van der Waals surface area contributed by atoms with E-state index in [0.717, 1.165) is 17.8 Å². The molecule has 0 radical (unpaired) electrons. The van der Waals surface area contributed by atoms with Gasteiger partial charge in [-0.05, 0) is 24.2 Å². The second-order valence-electron chi connectivity index (χ2n) is 3.10. The summed E-state index contributed by atoms with van der Waals surface area (Å²) >= 11 is 1.13. The normalized spacial score (nSPS) is 12.4. The summed E-state index contributed by atoms with van der Waals surface area (Å²) < 4.78 is 10.5. The topological polar surface area (TPSA) is 58.9 Å². The van der Waals surface area contributed by atoms with Crippen molar-refractivity contribution in [3.63, 3.8) is 0 Å². The van der Waals surface area contributed by atoms with Gasteiger partial charge in [0.2, 0.25) is 0 Å². The summed E-state index contributed by atoms with van der Waals surface area (Å²) in [6.07, 6.45) is -0.722. The van der Waals surface area contributed by atoms with Crippen LogP contribution in [-0.2, 0) is 4.18 Å². The molecule has 0 bridgehead atoms. The molecule has 0 aliphatic carbocycles. The molecule has 1 unspecified atom stereocenters. The van der Waals surface area contributed by atoms with E-state index in [0.29, 0.717) is 19.0 Å². The number of benzene rings is 1. The number of ether oxygens (including phenoxy) is 1. The van der Waals surface area contributed by atoms with Gasteiger partial charge in [0.1, 0.15) is 12.4 Å². The van der Waals surface area contributed by atoms with Crippen LogP contribution in [0.1, 0.15) is 0 Å². The van der Waals surface area contributed by atoms with Crippen molar-refractivity contribution in [3.8, 4) is 5.75 Å². The zero-order valence-electron chi connectivity index (χ0n) is 8.91. The SMILES string of the molecule is OCC(O)CSOCCOc1ccccc1. The highest BCUT2D eigenvalue weighted by molar-refractivity contribution is 7.94. The predicted molar refractivity (Wildman–Crippen MR) is 63.4 cm³/mol. The molecule has 0 saturated heterocycles. The summed E-state index contributed by atoms with van der Waals surface area (Å²) in [5.74, 6) is 1.17. The molecule has 1 aromatic carbocycles. The van der Waals surface area contributed by atoms with Crippen LogP contribution in [0.2, 0.25) is 0 Å². The van der Waals surface area contributed by atoms with Gasteiger partial charge in [0, 0.05) is 5.75 Å². The Hall–Kier alpha value is -0.750. The average molecular weight is 244 g/mol. The third kappa shape index (κ3) is 5.97. The zero-order chi connectivity index (χ0) is 11.6. The number of rotatable bonds is 8. The summed E-state index contributed by atoms with van der Waals surface area (Å²) in [6, 6.07) is 9.49. The van der Waals surface area contributed by atoms with Crippen molar-refractivity contribution in [2.45, 2.75) is 6.10 Å². The maximum absolute atomic E-state index is 9.01. The Morgan fingerprint density at radius 2 is 1.94 bits per heavy atom. The fraction of sp³-hybridized carbons (Fsp3) is 0.455. The monoisotopic (exact) mass is 244 g/mol. The fourth-order valence-electron chi connectivity index (χ4n) is 0.949. The van der Waals surface area contributed by atoms with E-state index in [-0.39, 0.29) is 6.61 Å². The van der Waals surface area contributed by atoms with Crippen LogP contribution < -0.4 is 4.74 Å². The summed E-state index contributed by atoms with van der Waals surface area (Å²) in [7, 11) is 0. The highest BCUT2D eigenvalue weighted by atomic mass is 32.2. The van der Waals surface area contributed by atoms with Crippen LogP contribution in [-0.4, -0.2) is 41.9 Å². The molecular weight excluding hydrogens is 228 g/mol. The predicted octanol–water partition coefficient (Wildman–Crippen LogP) is 1.08. The first-order valence-electron chi connectivity index (χ1n) is 5.04. The Morgan fingerprint density at radius 3 is 2.62 bits per heavy atom. The van der Waals surface area contributed by atoms with Gasteiger partial charge in [0.25, 0.3) is 0 Å². The minimum Gasteiger partial charge on any atom is -0.491 e. The summed E-state index contributed by atoms with van der Waals surface area (Å²) in [5, 5.41) is 17.6. The second-order valence-corrected chi connectivity index (χ2v) is 3.91. The molecule has 2 N–H and O–H groups in total. The molecule has 0 amide bonds. The van der Waals surface area contributed by atoms with Crippen molar-refractivity contribution < 1.29 is 19.1 Å². The fourth-order valence-corrected chi connectivity index (χ4v) is 1.49. The summed E-state index contributed by atoms with van der Waals surface area (Å²) in [4.78, 5) is 0. The van der Waals surface area contributed by atoms with Crippen LogP contribution in [0.15, 0.2) is 30.3 Å². The molecule has 5 heteroatoms. The molecule has 0 heterocycles. The third-order valence-electron chi connectivity index (χ3n) is 1.73. The van der Waals surface area contributed by atoms with Gasteiger partial charge in [-0.3, -0.25) is 0 Å². The minimum atomic E-state index is -0.722. The Morgan fingerprint density at radius 1 is 1.19 bits per heavy atom. The van der Waals surface area contributed by atoms with Gasteiger partial charge >= 0.3 is 0 Å². The molecular formula is C11H16O4S. The van der Waals surface area contributed by atoms with Gasteiger partial charge < -0.3 is 19.1 Å². The van der Waals surface area contributed by atoms with Crippen molar-refractivity contribution in [2.24, 2.45) is 0 Å². The van der Waals surface area contributed by atoms with Crippen molar-refractivity contribution in [3.05, 3.63) is 30.3 Å². The van der Waals surface area contributed by atoms with E-state index in [9.17, 15) is 0 Å². The molecule has 0 aromatic heterocycles. The molecule has 0 saturated carbocycles. The van der Waals surface area contributed by atoms with E-state index < -0.39 is 6.10 Å². The first-order chi connectivity index (χ1) is 7.83. The van der Waals surface area contributed by atoms with E-state index in [1.54, 1.807) is 0 Å². The number of hydrogen-bond acceptors (Lipinski definition) is 5. The van der Waals surface area contributed by atoms with Crippen LogP contribution in [0, 0.1) is 0 Å². The molecule has 1 aromatic rings. The van der Waals surface area contributed by atoms with E-state index >= 15 is 0 Å². The van der Waals surface area contributed by atoms with Gasteiger partial charge in [-0.15, -0.1) is 0 Å². The van der Waals surface area contributed by atoms with E-state index in [4.69, 9.17) is 19.1 Å². The van der Waals surface area contributed by atoms with Gasteiger partial charge in [-0.1, -0.05) is 18.2 Å². The first-order valence-corrected chi connectivity index (χ1v) is 5.95. The maximum Gasteiger partial charge on any atom is 0.119 e. The highest BCUT2D eigenvalue weighted by Gasteiger charge is 2.01. The second kappa shape index (κ2) is 8.41. The van der Waals surface area contributed by atoms with Gasteiger partial charge in [-0.2, -0.15) is 0 Å². The van der Waals surface area contributed by atoms with E-state index in [1.807, 2.05) is 30.3 Å². The molecule has 0 spiro atoms. The number of para-hydroxylation sites is 1. The Balaban J connectivity index is 1.96. The number of hydrogen-bond donors (Lipinski definition) is 2. The highest BCUT2D eigenvalue weighted by Crippen LogP contribution is 2.09. The summed E-state index contributed by atoms with van der Waals surface area (Å²) in [6.45, 7) is 0.667. The molecule has 0 aliphatic heterocycles. The quantitative estimate of drug-likeness (QED) is 0.529. The smallest absolute Gasteiger partial charge is 0.119 e. The number of aliphatic hydroxyl groups is 2. The lowest BCUT2D eigenvalue weighted by Crippen LogP contribution is -2.15. The standard InChI is InChI=1S/C11H16O4S/c12-8-10(13)9-16-15-7-6-14-11-4-2-1-3-5-11/h1-5,10,12-13H,6-9H2. The largest absolute Gasteiger partial charge is 0.491 e. The van der Waals surface area contributed by atoms with E-state index in [2.05, 4.69) is 0 Å². The third-order valence-corrected chi connectivity index (χ3v) is 2.59. The Kier molecular flexibility index (Phi) is 7.00. The molecule has 1 atom stereocenters. The lowest BCUT2D eigenvalue weighted by Gasteiger charge is -2.07. The first kappa shape index (κ1) is 13.3. The van der Waals surface area contributed by atoms with Crippen molar-refractivity contribution in [1.29, 1.82) is 0 Å². The van der Waals surface area contributed by atoms with Crippen LogP contribution in [0.25, 0.3) is 0 Å². The molecule has 16 heavy (non-hydrogen) atoms. The lowest BCUT2D eigenvalue weighted by molar-refractivity contribution is 0.112. The molecule has 90 valence electrons. The van der Waals surface area contributed by atoms with Gasteiger partial charge in [0.15, 0.2) is 0 Å². The summed E-state index contributed by atoms with van der Waals surface area (Å²) in [5.41, 5.74) is 0. The van der Waals surface area contributed by atoms with Crippen LogP contribution in [0.5, 0.6) is 5.75 Å². The van der Waals surface area contributed by atoms with Crippen molar-refractivity contribution in [1.82, 2.24) is 0 Å². The Bertz CT molecular complexity index is 268. The zero-order valence-corrected chi connectivity index (χ0v) is 9.73. The van der Waals surface area contributed by atoms with Gasteiger partial charge in [-0.25, -0.2) is 0 Å². The minimum absolute atomic E-state index is 0.239. The van der Waals surface area contributed by atoms with E-state index in [1.165, 1.54) is 0 Å². The average Bonchev–Trinajstić information content (AvgIpc) is 2.34. The molecule has 0 aliphatic rings. The van der Waals surface area contributed by atoms with Crippen LogP contribution >= 0.6 is 12.0 Å². The van der Waals surface area contributed by atoms with Crippen LogP contribution in [0.3, 0.4) is 0 Å².